The van der Waals surface area contributed by atoms with Crippen molar-refractivity contribution < 1.29 is 26.5 Å². The zero-order valence-electron chi connectivity index (χ0n) is 11.1. The molecule has 0 radical (unpaired) electrons. The first-order valence-electron chi connectivity index (χ1n) is 6.56. The molecule has 0 bridgehead atoms. The first-order valence-corrected chi connectivity index (χ1v) is 6.56. The van der Waals surface area contributed by atoms with Gasteiger partial charge in [0.15, 0.2) is 0 Å². The summed E-state index contributed by atoms with van der Waals surface area (Å²) in [7, 11) is 0. The molecule has 0 atom stereocenters. The second-order valence-corrected chi connectivity index (χ2v) is 4.82. The summed E-state index contributed by atoms with van der Waals surface area (Å²) in [5.74, 6) is -0.281. The van der Waals surface area contributed by atoms with Crippen molar-refractivity contribution in [3.05, 3.63) is 5.73 Å². The van der Waals surface area contributed by atoms with E-state index in [1.165, 1.54) is 44.9 Å². The molecule has 0 unspecified atom stereocenters. The van der Waals surface area contributed by atoms with Gasteiger partial charge in [-0.15, -0.1) is 24.8 Å². The van der Waals surface area contributed by atoms with Crippen LogP contribution in [0.15, 0.2) is 0 Å². The summed E-state index contributed by atoms with van der Waals surface area (Å²) < 4.78 is 0. The number of hydrogen-bond donors (Lipinski definition) is 0. The van der Waals surface area contributed by atoms with Gasteiger partial charge in [0, 0.05) is 27.6 Å². The molecule has 1 rings (SSSR count). The van der Waals surface area contributed by atoms with Gasteiger partial charge in [0.25, 0.3) is 0 Å². The summed E-state index contributed by atoms with van der Waals surface area (Å²) >= 11 is 0. The van der Waals surface area contributed by atoms with Crippen molar-refractivity contribution in [2.45, 2.75) is 70.6 Å². The van der Waals surface area contributed by atoms with E-state index in [1.807, 2.05) is 0 Å². The minimum atomic E-state index is -0.327. The quantitative estimate of drug-likeness (QED) is 0.599. The van der Waals surface area contributed by atoms with E-state index >= 15 is 0 Å². The van der Waals surface area contributed by atoms with Gasteiger partial charge >= 0.3 is 0 Å². The fraction of sp³-hybridized carbons (Fsp3) is 0.923. The first-order chi connectivity index (χ1) is 7.30. The van der Waals surface area contributed by atoms with Crippen LogP contribution in [0.5, 0.6) is 0 Å². The number of halogens is 2. The van der Waals surface area contributed by atoms with E-state index in [0.29, 0.717) is 0 Å². The summed E-state index contributed by atoms with van der Waals surface area (Å²) in [6, 6.07) is 0. The van der Waals surface area contributed by atoms with E-state index in [2.05, 4.69) is 0 Å². The standard InChI is InChI=1S/C13H25NO.2ClH.Ti/c14-13(15)12-10-8-6-4-2-1-3-5-7-9-11-12;;;/h12H,1-11H2,(H2,14,15);2*1H;/p-1. The van der Waals surface area contributed by atoms with Crippen molar-refractivity contribution in [2.75, 3.05) is 0 Å². The SMILES string of the molecule is Cl.Cl.[NH-]C(=O)C1CCCCCCCCCCC1.[Ti]. The first kappa shape index (κ1) is 23.8. The number of nitrogens with one attached hydrogen (secondary N) is 1. The predicted octanol–water partition coefficient (Wildman–Crippen LogP) is 5.33. The van der Waals surface area contributed by atoms with Crippen molar-refractivity contribution >= 4 is 30.7 Å². The molecule has 0 spiro atoms. The summed E-state index contributed by atoms with van der Waals surface area (Å²) in [4.78, 5) is 11.1. The third-order valence-electron chi connectivity index (χ3n) is 3.48. The van der Waals surface area contributed by atoms with Crippen LogP contribution in [0.3, 0.4) is 0 Å². The van der Waals surface area contributed by atoms with Gasteiger partial charge in [-0.1, -0.05) is 57.8 Å². The van der Waals surface area contributed by atoms with E-state index in [-0.39, 0.29) is 58.4 Å². The minimum absolute atomic E-state index is 0. The van der Waals surface area contributed by atoms with Gasteiger partial charge in [-0.05, 0) is 12.8 Å². The topological polar surface area (TPSA) is 40.9 Å². The molecule has 108 valence electrons. The zero-order chi connectivity index (χ0) is 10.9. The van der Waals surface area contributed by atoms with Crippen LogP contribution in [0.4, 0.5) is 0 Å². The Morgan fingerprint density at radius 2 is 1.00 bits per heavy atom. The maximum atomic E-state index is 11.1. The van der Waals surface area contributed by atoms with Crippen molar-refractivity contribution in [1.82, 2.24) is 0 Å². The minimum Gasteiger partial charge on any atom is -0.668 e. The molecule has 18 heavy (non-hydrogen) atoms. The van der Waals surface area contributed by atoms with E-state index in [1.54, 1.807) is 0 Å². The molecule has 0 heterocycles. The molecule has 1 aliphatic rings. The molecule has 0 saturated heterocycles. The molecule has 0 aromatic heterocycles. The normalized spacial score (nSPS) is 18.9. The summed E-state index contributed by atoms with van der Waals surface area (Å²) in [5.41, 5.74) is 7.23. The Morgan fingerprint density at radius 1 is 0.722 bits per heavy atom. The Balaban J connectivity index is -0.000000750. The van der Waals surface area contributed by atoms with Gasteiger partial charge in [-0.25, -0.2) is 0 Å². The third kappa shape index (κ3) is 11.8. The largest absolute Gasteiger partial charge is 0.668 e. The van der Waals surface area contributed by atoms with Gasteiger partial charge < -0.3 is 10.5 Å². The summed E-state index contributed by atoms with van der Waals surface area (Å²) in [5, 5.41) is 0. The smallest absolute Gasteiger partial charge is 0.0519 e. The number of amides is 1. The second kappa shape index (κ2) is 15.8. The fourth-order valence-corrected chi connectivity index (χ4v) is 2.43. The summed E-state index contributed by atoms with van der Waals surface area (Å²) in [6.07, 6.45) is 13.5. The molecule has 1 aliphatic carbocycles. The number of carbonyl (C=O) groups is 1. The second-order valence-electron chi connectivity index (χ2n) is 4.82. The van der Waals surface area contributed by atoms with Crippen LogP contribution in [-0.2, 0) is 26.5 Å². The molecular weight excluding hydrogens is 305 g/mol. The van der Waals surface area contributed by atoms with Crippen LogP contribution in [-0.4, -0.2) is 5.91 Å². The number of carbonyl (C=O) groups excluding carboxylic acids is 1. The van der Waals surface area contributed by atoms with Crippen LogP contribution in [0.2, 0.25) is 0 Å². The van der Waals surface area contributed by atoms with Crippen LogP contribution in [0.25, 0.3) is 5.73 Å². The van der Waals surface area contributed by atoms with E-state index in [0.717, 1.165) is 25.7 Å². The Hall–Kier alpha value is 0.764. The average Bonchev–Trinajstić information content (AvgIpc) is 2.18. The van der Waals surface area contributed by atoms with Crippen molar-refractivity contribution in [2.24, 2.45) is 5.92 Å². The van der Waals surface area contributed by atoms with Crippen molar-refractivity contribution in [3.63, 3.8) is 0 Å². The molecule has 1 amide bonds. The van der Waals surface area contributed by atoms with Gasteiger partial charge in [-0.3, -0.25) is 0 Å². The Kier molecular flexibility index (Phi) is 20.9. The fourth-order valence-electron chi connectivity index (χ4n) is 2.43. The molecule has 0 aliphatic heterocycles. The average molecular weight is 331 g/mol. The molecule has 2 nitrogen and oxygen atoms in total. The monoisotopic (exact) mass is 330 g/mol. The van der Waals surface area contributed by atoms with Crippen molar-refractivity contribution in [1.29, 1.82) is 0 Å². The molecule has 0 aromatic rings. The summed E-state index contributed by atoms with van der Waals surface area (Å²) in [6.45, 7) is 0. The maximum Gasteiger partial charge on any atom is 0.0519 e. The van der Waals surface area contributed by atoms with Gasteiger partial charge in [0.1, 0.15) is 0 Å². The molecule has 0 aromatic carbocycles. The predicted molar refractivity (Wildman–Crippen MR) is 78.1 cm³/mol. The van der Waals surface area contributed by atoms with E-state index in [9.17, 15) is 4.79 Å². The third-order valence-corrected chi connectivity index (χ3v) is 3.48. The molecule has 5 heteroatoms. The number of rotatable bonds is 1. The Morgan fingerprint density at radius 3 is 1.28 bits per heavy atom. The molecule has 1 N–H and O–H groups in total. The van der Waals surface area contributed by atoms with Gasteiger partial charge in [0.05, 0.1) is 5.91 Å². The molecule has 1 saturated carbocycles. The van der Waals surface area contributed by atoms with Crippen LogP contribution in [0.1, 0.15) is 70.6 Å². The van der Waals surface area contributed by atoms with Crippen LogP contribution in [0, 0.1) is 5.92 Å². The van der Waals surface area contributed by atoms with Crippen molar-refractivity contribution in [3.8, 4) is 0 Å². The Bertz CT molecular complexity index is 182. The maximum absolute atomic E-state index is 11.1. The molecule has 1 fully saturated rings. The van der Waals surface area contributed by atoms with Gasteiger partial charge in [0.2, 0.25) is 0 Å². The Labute approximate surface area is 139 Å². The van der Waals surface area contributed by atoms with Crippen LogP contribution < -0.4 is 0 Å². The van der Waals surface area contributed by atoms with Crippen LogP contribution >= 0.6 is 24.8 Å². The van der Waals surface area contributed by atoms with E-state index < -0.39 is 0 Å². The molecular formula is C13H26Cl2NOTi-. The zero-order valence-corrected chi connectivity index (χ0v) is 14.3. The van der Waals surface area contributed by atoms with E-state index in [4.69, 9.17) is 5.73 Å². The van der Waals surface area contributed by atoms with Gasteiger partial charge in [-0.2, -0.15) is 0 Å². The number of hydrogen-bond acceptors (Lipinski definition) is 1.